The van der Waals surface area contributed by atoms with E-state index >= 15 is 0 Å². The Hall–Kier alpha value is -3.72. The minimum Gasteiger partial charge on any atom is -0.365 e. The van der Waals surface area contributed by atoms with Gasteiger partial charge in [-0.1, -0.05) is 29.8 Å². The minimum absolute atomic E-state index is 0.364. The van der Waals surface area contributed by atoms with Crippen molar-refractivity contribution in [2.24, 2.45) is 5.73 Å². The first-order chi connectivity index (χ1) is 14.6. The first-order valence-electron chi connectivity index (χ1n) is 9.22. The van der Waals surface area contributed by atoms with Gasteiger partial charge >= 0.3 is 0 Å². The average molecular weight is 443 g/mol. The number of benzene rings is 1. The highest BCUT2D eigenvalue weighted by molar-refractivity contribution is 6.31. The van der Waals surface area contributed by atoms with Gasteiger partial charge in [-0.25, -0.2) is 0 Å². The third kappa shape index (κ3) is 4.41. The van der Waals surface area contributed by atoms with Gasteiger partial charge in [0.15, 0.2) is 5.78 Å². The summed E-state index contributed by atoms with van der Waals surface area (Å²) in [5, 5.41) is 11.7. The number of nitrogens with zero attached hydrogens (tertiary/aromatic N) is 3. The molecule has 31 heavy (non-hydrogen) atoms. The summed E-state index contributed by atoms with van der Waals surface area (Å²) in [6, 6.07) is 9.85. The molecule has 0 bridgehead atoms. The van der Waals surface area contributed by atoms with Gasteiger partial charge in [-0.2, -0.15) is 0 Å². The van der Waals surface area contributed by atoms with Crippen LogP contribution in [0.2, 0.25) is 5.02 Å². The van der Waals surface area contributed by atoms with Gasteiger partial charge in [-0.05, 0) is 31.5 Å². The molecule has 0 aliphatic carbocycles. The topological polar surface area (TPSA) is 130 Å². The molecule has 0 fully saturated rings. The Morgan fingerprint density at radius 2 is 1.84 bits per heavy atom. The van der Waals surface area contributed by atoms with Crippen molar-refractivity contribution in [3.8, 4) is 0 Å². The van der Waals surface area contributed by atoms with Crippen LogP contribution in [0.15, 0.2) is 47.4 Å². The van der Waals surface area contributed by atoms with E-state index in [4.69, 9.17) is 17.3 Å². The first kappa shape index (κ1) is 22.0. The van der Waals surface area contributed by atoms with E-state index in [2.05, 4.69) is 0 Å². The van der Waals surface area contributed by atoms with Gasteiger partial charge in [0.1, 0.15) is 5.56 Å². The number of aryl methyl sites for hydroxylation is 1. The molecule has 0 atom stereocenters. The maximum atomic E-state index is 12.9. The maximum Gasteiger partial charge on any atom is 0.286 e. The largest absolute Gasteiger partial charge is 0.365 e. The van der Waals surface area contributed by atoms with Crippen molar-refractivity contribution in [2.75, 3.05) is 0 Å². The SMILES string of the molecule is Cc1cc(C(=O)Cn2cc([N+](=O)[O-])cc(C(N)=O)c2=O)c(C)n1Cc1ccccc1Cl. The number of aromatic nitrogens is 2. The second-order valence-corrected chi connectivity index (χ2v) is 7.46. The van der Waals surface area contributed by atoms with Crippen LogP contribution in [-0.4, -0.2) is 25.7 Å². The van der Waals surface area contributed by atoms with Crippen LogP contribution in [-0.2, 0) is 13.1 Å². The first-order valence-corrected chi connectivity index (χ1v) is 9.60. The Labute approximate surface area is 181 Å². The average Bonchev–Trinajstić information content (AvgIpc) is 2.99. The van der Waals surface area contributed by atoms with Gasteiger partial charge in [0.2, 0.25) is 0 Å². The third-order valence-corrected chi connectivity index (χ3v) is 5.39. The summed E-state index contributed by atoms with van der Waals surface area (Å²) in [6.45, 7) is 3.58. The van der Waals surface area contributed by atoms with E-state index in [1.54, 1.807) is 19.1 Å². The summed E-state index contributed by atoms with van der Waals surface area (Å²) in [5.41, 5.74) is 5.95. The number of primary amides is 1. The zero-order valence-electron chi connectivity index (χ0n) is 16.8. The van der Waals surface area contributed by atoms with Crippen LogP contribution >= 0.6 is 11.6 Å². The maximum absolute atomic E-state index is 12.9. The molecule has 0 saturated carbocycles. The number of carbonyl (C=O) groups excluding carboxylic acids is 2. The molecule has 1 amide bonds. The van der Waals surface area contributed by atoms with E-state index in [1.165, 1.54) is 0 Å². The minimum atomic E-state index is -1.10. The molecule has 1 aromatic carbocycles. The molecule has 2 aromatic heterocycles. The van der Waals surface area contributed by atoms with Crippen LogP contribution < -0.4 is 11.3 Å². The van der Waals surface area contributed by atoms with Gasteiger partial charge in [-0.3, -0.25) is 24.5 Å². The molecule has 0 unspecified atom stereocenters. The van der Waals surface area contributed by atoms with Crippen molar-refractivity contribution in [1.29, 1.82) is 0 Å². The van der Waals surface area contributed by atoms with E-state index in [-0.39, 0.29) is 0 Å². The molecule has 3 aromatic rings. The number of rotatable bonds is 7. The van der Waals surface area contributed by atoms with Gasteiger partial charge < -0.3 is 14.9 Å². The second-order valence-electron chi connectivity index (χ2n) is 7.05. The Kier molecular flexibility index (Phi) is 6.07. The Bertz CT molecular complexity index is 1280. The molecule has 10 heteroatoms. The predicted molar refractivity (Wildman–Crippen MR) is 115 cm³/mol. The highest BCUT2D eigenvalue weighted by Crippen LogP contribution is 2.22. The van der Waals surface area contributed by atoms with Crippen molar-refractivity contribution in [1.82, 2.24) is 9.13 Å². The van der Waals surface area contributed by atoms with Crippen LogP contribution in [0.1, 0.15) is 37.7 Å². The Morgan fingerprint density at radius 3 is 2.45 bits per heavy atom. The van der Waals surface area contributed by atoms with Crippen molar-refractivity contribution < 1.29 is 14.5 Å². The number of pyridine rings is 1. The fourth-order valence-corrected chi connectivity index (χ4v) is 3.57. The lowest BCUT2D eigenvalue weighted by Crippen LogP contribution is -2.31. The molecule has 0 spiro atoms. The molecule has 3 rings (SSSR count). The van der Waals surface area contributed by atoms with Gasteiger partial charge in [-0.15, -0.1) is 0 Å². The summed E-state index contributed by atoms with van der Waals surface area (Å²) < 4.78 is 2.75. The van der Waals surface area contributed by atoms with Gasteiger partial charge in [0, 0.05) is 34.6 Å². The summed E-state index contributed by atoms with van der Waals surface area (Å²) in [4.78, 5) is 47.3. The van der Waals surface area contributed by atoms with Crippen LogP contribution in [0, 0.1) is 24.0 Å². The Balaban J connectivity index is 1.97. The molecular weight excluding hydrogens is 424 g/mol. The number of carbonyl (C=O) groups is 2. The van der Waals surface area contributed by atoms with Crippen molar-refractivity contribution in [3.05, 3.63) is 96.2 Å². The van der Waals surface area contributed by atoms with E-state index < -0.39 is 40.0 Å². The number of ketones is 1. The second kappa shape index (κ2) is 8.57. The number of hydrogen-bond acceptors (Lipinski definition) is 5. The van der Waals surface area contributed by atoms with Crippen molar-refractivity contribution in [3.63, 3.8) is 0 Å². The fraction of sp³-hybridized carbons (Fsp3) is 0.190. The van der Waals surface area contributed by atoms with E-state index in [9.17, 15) is 24.5 Å². The summed E-state index contributed by atoms with van der Waals surface area (Å²) >= 11 is 6.24. The lowest BCUT2D eigenvalue weighted by atomic mass is 10.1. The van der Waals surface area contributed by atoms with Gasteiger partial charge in [0.05, 0.1) is 17.7 Å². The summed E-state index contributed by atoms with van der Waals surface area (Å²) in [7, 11) is 0. The molecule has 0 radical (unpaired) electrons. The zero-order chi connectivity index (χ0) is 22.9. The summed E-state index contributed by atoms with van der Waals surface area (Å²) in [5.74, 6) is -1.54. The highest BCUT2D eigenvalue weighted by atomic mass is 35.5. The van der Waals surface area contributed by atoms with Crippen LogP contribution in [0.5, 0.6) is 0 Å². The smallest absolute Gasteiger partial charge is 0.286 e. The van der Waals surface area contributed by atoms with E-state index in [0.717, 1.165) is 28.1 Å². The van der Waals surface area contributed by atoms with Crippen LogP contribution in [0.4, 0.5) is 5.69 Å². The number of amides is 1. The lowest BCUT2D eigenvalue weighted by Gasteiger charge is -2.11. The third-order valence-electron chi connectivity index (χ3n) is 5.02. The lowest BCUT2D eigenvalue weighted by molar-refractivity contribution is -0.385. The summed E-state index contributed by atoms with van der Waals surface area (Å²) in [6.07, 6.45) is 0.926. The highest BCUT2D eigenvalue weighted by Gasteiger charge is 2.21. The fourth-order valence-electron chi connectivity index (χ4n) is 3.38. The number of nitrogens with two attached hydrogens (primary N) is 1. The molecule has 160 valence electrons. The molecule has 2 heterocycles. The Morgan fingerprint density at radius 1 is 1.16 bits per heavy atom. The van der Waals surface area contributed by atoms with Gasteiger partial charge in [0.25, 0.3) is 17.2 Å². The van der Waals surface area contributed by atoms with E-state index in [1.807, 2.05) is 29.7 Å². The van der Waals surface area contributed by atoms with Crippen molar-refractivity contribution in [2.45, 2.75) is 26.9 Å². The number of halogens is 1. The van der Waals surface area contributed by atoms with Crippen LogP contribution in [0.25, 0.3) is 0 Å². The molecule has 9 nitrogen and oxygen atoms in total. The normalized spacial score (nSPS) is 10.8. The number of nitro groups is 1. The van der Waals surface area contributed by atoms with Crippen LogP contribution in [0.3, 0.4) is 0 Å². The molecule has 0 aliphatic rings. The quantitative estimate of drug-likeness (QED) is 0.341. The number of hydrogen-bond donors (Lipinski definition) is 1. The molecule has 2 N–H and O–H groups in total. The monoisotopic (exact) mass is 442 g/mol. The van der Waals surface area contributed by atoms with E-state index in [0.29, 0.717) is 22.8 Å². The molecular formula is C21H19ClN4O5. The molecule has 0 saturated heterocycles. The number of Topliss-reactive ketones (excluding diaryl/α,β-unsaturated/α-hetero) is 1. The van der Waals surface area contributed by atoms with Crippen molar-refractivity contribution >= 4 is 29.0 Å². The standard InChI is InChI=1S/C21H19ClN4O5/c1-12-7-16(13(2)25(12)9-14-5-3-4-6-18(14)22)19(27)11-24-10-15(26(30)31)8-17(20(23)28)21(24)29/h3-8,10H,9,11H2,1-2H3,(H2,23,28). The predicted octanol–water partition coefficient (Wildman–Crippen LogP) is 2.86. The zero-order valence-corrected chi connectivity index (χ0v) is 17.5. The molecule has 0 aliphatic heterocycles.